The molecule has 0 bridgehead atoms. The number of hydrogen-bond donors (Lipinski definition) is 2. The minimum absolute atomic E-state index is 0.0245. The van der Waals surface area contributed by atoms with Crippen molar-refractivity contribution in [2.75, 3.05) is 26.7 Å². The maximum absolute atomic E-state index is 11.5. The highest BCUT2D eigenvalue weighted by molar-refractivity contribution is 5.77. The summed E-state index contributed by atoms with van der Waals surface area (Å²) in [5.74, 6) is 0.114. The number of nitrogens with zero attached hydrogens (tertiary/aromatic N) is 3. The van der Waals surface area contributed by atoms with E-state index in [2.05, 4.69) is 15.3 Å². The van der Waals surface area contributed by atoms with Gasteiger partial charge in [0, 0.05) is 36.8 Å². The third-order valence-electron chi connectivity index (χ3n) is 3.59. The van der Waals surface area contributed by atoms with E-state index in [1.807, 2.05) is 39.4 Å². The number of aliphatic hydroxyl groups excluding tert-OH is 1. The Morgan fingerprint density at radius 2 is 2.10 bits per heavy atom. The highest BCUT2D eigenvalue weighted by Crippen LogP contribution is 2.14. The molecule has 0 spiro atoms. The maximum atomic E-state index is 11.5. The molecular weight excluding hydrogens is 268 g/mol. The minimum atomic E-state index is 0.0245. The van der Waals surface area contributed by atoms with Gasteiger partial charge in [0.05, 0.1) is 18.8 Å². The molecule has 0 saturated carbocycles. The Labute approximate surface area is 127 Å². The lowest BCUT2D eigenvalue weighted by Crippen LogP contribution is -2.35. The molecule has 6 nitrogen and oxygen atoms in total. The Bertz CT molecular complexity index is 468. The highest BCUT2D eigenvalue weighted by atomic mass is 16.3. The fourth-order valence-electron chi connectivity index (χ4n) is 2.20. The Morgan fingerprint density at radius 1 is 1.43 bits per heavy atom. The van der Waals surface area contributed by atoms with E-state index < -0.39 is 0 Å². The summed E-state index contributed by atoms with van der Waals surface area (Å²) in [5.41, 5.74) is 3.29. The van der Waals surface area contributed by atoms with Crippen LogP contribution in [0.2, 0.25) is 0 Å². The van der Waals surface area contributed by atoms with E-state index in [4.69, 9.17) is 5.11 Å². The molecule has 1 aromatic rings. The summed E-state index contributed by atoms with van der Waals surface area (Å²) in [4.78, 5) is 13.7. The summed E-state index contributed by atoms with van der Waals surface area (Å²) in [7, 11) is 2.03. The lowest BCUT2D eigenvalue weighted by molar-refractivity contribution is -0.124. The molecule has 0 radical (unpaired) electrons. The number of hydrogen-bond acceptors (Lipinski definition) is 4. The Hall–Kier alpha value is -1.40. The smallest absolute Gasteiger partial charge is 0.222 e. The van der Waals surface area contributed by atoms with Crippen molar-refractivity contribution in [3.8, 4) is 0 Å². The van der Waals surface area contributed by atoms with Crippen molar-refractivity contribution in [1.82, 2.24) is 20.0 Å². The van der Waals surface area contributed by atoms with Crippen LogP contribution in [0.4, 0.5) is 0 Å². The highest BCUT2D eigenvalue weighted by Gasteiger charge is 2.13. The van der Waals surface area contributed by atoms with Gasteiger partial charge in [-0.25, -0.2) is 0 Å². The van der Waals surface area contributed by atoms with Crippen molar-refractivity contribution < 1.29 is 9.90 Å². The third-order valence-corrected chi connectivity index (χ3v) is 3.59. The second-order valence-electron chi connectivity index (χ2n) is 5.78. The molecule has 0 unspecified atom stereocenters. The molecule has 21 heavy (non-hydrogen) atoms. The van der Waals surface area contributed by atoms with E-state index in [1.165, 1.54) is 5.56 Å². The van der Waals surface area contributed by atoms with Gasteiger partial charge in [-0.05, 0) is 20.9 Å². The van der Waals surface area contributed by atoms with Gasteiger partial charge in [-0.3, -0.25) is 9.48 Å². The van der Waals surface area contributed by atoms with Crippen molar-refractivity contribution in [2.24, 2.45) is 5.92 Å². The molecular formula is C15H28N4O2. The predicted molar refractivity (Wildman–Crippen MR) is 83.0 cm³/mol. The molecule has 120 valence electrons. The zero-order valence-corrected chi connectivity index (χ0v) is 13.8. The van der Waals surface area contributed by atoms with Crippen LogP contribution in [-0.2, 0) is 17.9 Å². The lowest BCUT2D eigenvalue weighted by atomic mass is 10.2. The van der Waals surface area contributed by atoms with Crippen molar-refractivity contribution >= 4 is 5.91 Å². The van der Waals surface area contributed by atoms with Crippen LogP contribution >= 0.6 is 0 Å². The third kappa shape index (κ3) is 5.13. The van der Waals surface area contributed by atoms with Gasteiger partial charge in [0.2, 0.25) is 5.91 Å². The predicted octanol–water partition coefficient (Wildman–Crippen LogP) is 0.696. The van der Waals surface area contributed by atoms with Crippen LogP contribution in [0.15, 0.2) is 0 Å². The Morgan fingerprint density at radius 3 is 2.67 bits per heavy atom. The van der Waals surface area contributed by atoms with E-state index in [0.717, 1.165) is 24.5 Å². The first-order valence-electron chi connectivity index (χ1n) is 7.46. The van der Waals surface area contributed by atoms with Crippen LogP contribution < -0.4 is 5.32 Å². The van der Waals surface area contributed by atoms with Gasteiger partial charge < -0.3 is 15.3 Å². The molecule has 0 atom stereocenters. The molecule has 0 aromatic carbocycles. The van der Waals surface area contributed by atoms with Gasteiger partial charge in [0.1, 0.15) is 0 Å². The summed E-state index contributed by atoms with van der Waals surface area (Å²) in [6, 6.07) is 0. The van der Waals surface area contributed by atoms with Crippen LogP contribution in [0.5, 0.6) is 0 Å². The van der Waals surface area contributed by atoms with Gasteiger partial charge in [-0.15, -0.1) is 0 Å². The summed E-state index contributed by atoms with van der Waals surface area (Å²) in [6.07, 6.45) is 0. The monoisotopic (exact) mass is 296 g/mol. The van der Waals surface area contributed by atoms with E-state index in [9.17, 15) is 4.79 Å². The standard InChI is InChI=1S/C15H28N4O2/c1-11(2)15(21)16-6-7-18(5)10-14-12(3)17-19(8-9-20)13(14)4/h11,20H,6-10H2,1-5H3,(H,16,21). The van der Waals surface area contributed by atoms with Crippen molar-refractivity contribution in [2.45, 2.75) is 40.8 Å². The Kier molecular flexibility index (Phi) is 6.84. The number of aliphatic hydroxyl groups is 1. The van der Waals surface area contributed by atoms with Crippen LogP contribution in [0.3, 0.4) is 0 Å². The van der Waals surface area contributed by atoms with Gasteiger partial charge in [-0.1, -0.05) is 13.8 Å². The number of carbonyl (C=O) groups is 1. The number of rotatable bonds is 8. The van der Waals surface area contributed by atoms with Crippen LogP contribution in [0.1, 0.15) is 30.8 Å². The van der Waals surface area contributed by atoms with Crippen LogP contribution in [0.25, 0.3) is 0 Å². The minimum Gasteiger partial charge on any atom is -0.394 e. The first-order valence-corrected chi connectivity index (χ1v) is 7.46. The van der Waals surface area contributed by atoms with Crippen LogP contribution in [0, 0.1) is 19.8 Å². The zero-order chi connectivity index (χ0) is 16.0. The average molecular weight is 296 g/mol. The lowest BCUT2D eigenvalue weighted by Gasteiger charge is -2.18. The fourth-order valence-corrected chi connectivity index (χ4v) is 2.20. The second-order valence-corrected chi connectivity index (χ2v) is 5.78. The molecule has 0 aliphatic rings. The normalized spacial score (nSPS) is 11.4. The summed E-state index contributed by atoms with van der Waals surface area (Å²) < 4.78 is 1.85. The quantitative estimate of drug-likeness (QED) is 0.741. The number of carbonyl (C=O) groups excluding carboxylic acids is 1. The Balaban J connectivity index is 2.51. The number of aryl methyl sites for hydroxylation is 1. The van der Waals surface area contributed by atoms with E-state index in [0.29, 0.717) is 13.1 Å². The molecule has 0 aliphatic carbocycles. The molecule has 1 rings (SSSR count). The molecule has 6 heteroatoms. The summed E-state index contributed by atoms with van der Waals surface area (Å²) in [6.45, 7) is 10.7. The van der Waals surface area contributed by atoms with E-state index >= 15 is 0 Å². The van der Waals surface area contributed by atoms with Crippen LogP contribution in [-0.4, -0.2) is 52.4 Å². The zero-order valence-electron chi connectivity index (χ0n) is 13.8. The van der Waals surface area contributed by atoms with Crippen molar-refractivity contribution in [1.29, 1.82) is 0 Å². The van der Waals surface area contributed by atoms with E-state index in [1.54, 1.807) is 0 Å². The van der Waals surface area contributed by atoms with Gasteiger partial charge in [0.15, 0.2) is 0 Å². The molecule has 1 amide bonds. The summed E-state index contributed by atoms with van der Waals surface area (Å²) >= 11 is 0. The first kappa shape index (κ1) is 17.7. The SMILES string of the molecule is Cc1nn(CCO)c(C)c1CN(C)CCNC(=O)C(C)C. The number of likely N-dealkylation sites (N-methyl/N-ethyl adjacent to an activating group) is 1. The van der Waals surface area contributed by atoms with Crippen molar-refractivity contribution in [3.63, 3.8) is 0 Å². The molecule has 1 aromatic heterocycles. The second kappa shape index (κ2) is 8.14. The van der Waals surface area contributed by atoms with Gasteiger partial charge >= 0.3 is 0 Å². The van der Waals surface area contributed by atoms with Crippen molar-refractivity contribution in [3.05, 3.63) is 17.0 Å². The average Bonchev–Trinajstić information content (AvgIpc) is 2.66. The topological polar surface area (TPSA) is 70.4 Å². The van der Waals surface area contributed by atoms with Gasteiger partial charge in [-0.2, -0.15) is 5.10 Å². The number of amides is 1. The van der Waals surface area contributed by atoms with Gasteiger partial charge in [0.25, 0.3) is 0 Å². The fraction of sp³-hybridized carbons (Fsp3) is 0.733. The largest absolute Gasteiger partial charge is 0.394 e. The molecule has 0 aliphatic heterocycles. The first-order chi connectivity index (χ1) is 9.86. The molecule has 1 heterocycles. The maximum Gasteiger partial charge on any atom is 0.222 e. The molecule has 2 N–H and O–H groups in total. The number of aromatic nitrogens is 2. The molecule has 0 saturated heterocycles. The number of nitrogens with one attached hydrogen (secondary N) is 1. The molecule has 0 fully saturated rings. The summed E-state index contributed by atoms with van der Waals surface area (Å²) in [5, 5.41) is 16.4. The van der Waals surface area contributed by atoms with E-state index in [-0.39, 0.29) is 18.4 Å².